The number of carbonyl (C=O) groups excluding carboxylic acids is 1. The average Bonchev–Trinajstić information content (AvgIpc) is 2.99. The first-order valence-corrected chi connectivity index (χ1v) is 10.00. The summed E-state index contributed by atoms with van der Waals surface area (Å²) in [5, 5.41) is 3.13. The lowest BCUT2D eigenvalue weighted by atomic mass is 9.52. The Morgan fingerprint density at radius 3 is 2.46 bits per heavy atom. The van der Waals surface area contributed by atoms with E-state index in [-0.39, 0.29) is 22.2 Å². The first kappa shape index (κ1) is 16.3. The van der Waals surface area contributed by atoms with E-state index in [1.807, 2.05) is 0 Å². The number of aromatic nitrogens is 1. The second-order valence-corrected chi connectivity index (χ2v) is 9.96. The molecular weight excluding hydrogens is 324 g/mol. The molecule has 138 valence electrons. The normalized spacial score (nSPS) is 36.7. The predicted octanol–water partition coefficient (Wildman–Crippen LogP) is 4.29. The largest absolute Gasteiger partial charge is 0.440 e. The highest BCUT2D eigenvalue weighted by molar-refractivity contribution is 5.84. The molecule has 2 aliphatic carbocycles. The predicted molar refractivity (Wildman–Crippen MR) is 101 cm³/mol. The molecule has 4 heteroatoms. The minimum Gasteiger partial charge on any atom is -0.440 e. The van der Waals surface area contributed by atoms with Gasteiger partial charge in [-0.2, -0.15) is 0 Å². The summed E-state index contributed by atoms with van der Waals surface area (Å²) < 4.78 is 6.32. The van der Waals surface area contributed by atoms with Gasteiger partial charge in [-0.25, -0.2) is 4.98 Å². The van der Waals surface area contributed by atoms with Crippen molar-refractivity contribution in [1.29, 1.82) is 0 Å². The van der Waals surface area contributed by atoms with E-state index in [0.717, 1.165) is 55.6 Å². The first-order valence-electron chi connectivity index (χ1n) is 10.00. The Kier molecular flexibility index (Phi) is 3.21. The second kappa shape index (κ2) is 5.11. The maximum absolute atomic E-state index is 12.6. The number of rotatable bonds is 1. The molecule has 26 heavy (non-hydrogen) atoms. The van der Waals surface area contributed by atoms with Crippen LogP contribution >= 0.6 is 0 Å². The van der Waals surface area contributed by atoms with E-state index in [9.17, 15) is 4.79 Å². The van der Waals surface area contributed by atoms with E-state index in [1.165, 1.54) is 24.0 Å². The number of carbonyl (C=O) groups is 1. The maximum atomic E-state index is 12.6. The van der Waals surface area contributed by atoms with Gasteiger partial charge in [0.25, 0.3) is 0 Å². The molecule has 2 heterocycles. The van der Waals surface area contributed by atoms with E-state index in [2.05, 4.69) is 38.2 Å². The summed E-state index contributed by atoms with van der Waals surface area (Å²) in [7, 11) is 0. The second-order valence-electron chi connectivity index (χ2n) is 9.96. The molecule has 5 rings (SSSR count). The van der Waals surface area contributed by atoms with Crippen LogP contribution in [-0.2, 0) is 23.1 Å². The molecule has 0 radical (unpaired) electrons. The molecule has 2 fully saturated rings. The molecular formula is C22H28N2O2. The van der Waals surface area contributed by atoms with Crippen molar-refractivity contribution in [2.24, 2.45) is 10.8 Å². The third kappa shape index (κ3) is 2.34. The van der Waals surface area contributed by atoms with Crippen molar-refractivity contribution in [1.82, 2.24) is 10.3 Å². The quantitative estimate of drug-likeness (QED) is 0.833. The summed E-state index contributed by atoms with van der Waals surface area (Å²) in [5.74, 6) is 1.01. The molecule has 1 aliphatic heterocycles. The summed E-state index contributed by atoms with van der Waals surface area (Å²) >= 11 is 0. The van der Waals surface area contributed by atoms with Crippen LogP contribution in [0.5, 0.6) is 0 Å². The minimum atomic E-state index is -0.333. The number of nitrogens with zero attached hydrogens (tertiary/aromatic N) is 1. The van der Waals surface area contributed by atoms with Gasteiger partial charge in [0.15, 0.2) is 5.58 Å². The van der Waals surface area contributed by atoms with Crippen LogP contribution in [0.25, 0.3) is 11.1 Å². The lowest BCUT2D eigenvalue weighted by molar-refractivity contribution is -0.143. The number of benzene rings is 1. The summed E-state index contributed by atoms with van der Waals surface area (Å²) in [6, 6.07) is 4.45. The van der Waals surface area contributed by atoms with Crippen molar-refractivity contribution in [2.75, 3.05) is 6.54 Å². The fourth-order valence-electron chi connectivity index (χ4n) is 6.29. The Balaban J connectivity index is 1.59. The van der Waals surface area contributed by atoms with Crippen molar-refractivity contribution in [3.8, 4) is 0 Å². The van der Waals surface area contributed by atoms with Crippen LogP contribution in [-0.4, -0.2) is 17.4 Å². The van der Waals surface area contributed by atoms with Crippen molar-refractivity contribution in [3.63, 3.8) is 0 Å². The Bertz CT molecular complexity index is 873. The zero-order valence-electron chi connectivity index (χ0n) is 16.1. The third-order valence-electron chi connectivity index (χ3n) is 7.01. The molecule has 3 atom stereocenters. The highest BCUT2D eigenvalue weighted by Crippen LogP contribution is 2.56. The highest BCUT2D eigenvalue weighted by Gasteiger charge is 2.57. The van der Waals surface area contributed by atoms with Crippen molar-refractivity contribution in [2.45, 2.75) is 71.1 Å². The molecule has 0 spiro atoms. The van der Waals surface area contributed by atoms with Gasteiger partial charge in [0.1, 0.15) is 5.52 Å². The average molecular weight is 352 g/mol. The van der Waals surface area contributed by atoms with E-state index < -0.39 is 0 Å². The Labute approximate surface area is 154 Å². The van der Waals surface area contributed by atoms with Gasteiger partial charge in [0.05, 0.1) is 0 Å². The van der Waals surface area contributed by atoms with E-state index in [0.29, 0.717) is 0 Å². The smallest absolute Gasteiger partial charge is 0.226 e. The number of aryl methyl sites for hydroxylation is 2. The Morgan fingerprint density at radius 1 is 1.00 bits per heavy atom. The molecule has 3 unspecified atom stereocenters. The van der Waals surface area contributed by atoms with E-state index in [4.69, 9.17) is 9.40 Å². The third-order valence-corrected chi connectivity index (χ3v) is 7.01. The SMILES string of the molecule is CC12CNC(=O)C(C)(C1)CC(C)(c1nc3cc4c(cc3o1)CCCC4)C2. The maximum Gasteiger partial charge on any atom is 0.226 e. The van der Waals surface area contributed by atoms with Crippen LogP contribution in [0.1, 0.15) is 69.9 Å². The summed E-state index contributed by atoms with van der Waals surface area (Å²) in [6.07, 6.45) is 7.60. The number of piperidine rings is 1. The van der Waals surface area contributed by atoms with Crippen molar-refractivity contribution >= 4 is 17.0 Å². The molecule has 1 saturated carbocycles. The summed E-state index contributed by atoms with van der Waals surface area (Å²) in [6.45, 7) is 7.40. The van der Waals surface area contributed by atoms with Crippen LogP contribution in [0.15, 0.2) is 16.5 Å². The van der Waals surface area contributed by atoms with Gasteiger partial charge in [-0.15, -0.1) is 0 Å². The number of nitrogens with one attached hydrogen (secondary N) is 1. The molecule has 4 nitrogen and oxygen atoms in total. The first-order chi connectivity index (χ1) is 12.3. The number of amides is 1. The van der Waals surface area contributed by atoms with E-state index >= 15 is 0 Å². The lowest BCUT2D eigenvalue weighted by Gasteiger charge is -2.54. The molecule has 2 aromatic rings. The van der Waals surface area contributed by atoms with Crippen LogP contribution in [0.3, 0.4) is 0 Å². The summed E-state index contributed by atoms with van der Waals surface area (Å²) in [4.78, 5) is 17.5. The number of fused-ring (bicyclic) bond motifs is 4. The zero-order valence-corrected chi connectivity index (χ0v) is 16.1. The molecule has 1 amide bonds. The molecule has 1 saturated heterocycles. The molecule has 1 N–H and O–H groups in total. The van der Waals surface area contributed by atoms with Gasteiger partial charge in [0.2, 0.25) is 11.8 Å². The Morgan fingerprint density at radius 2 is 1.69 bits per heavy atom. The van der Waals surface area contributed by atoms with Crippen LogP contribution in [0, 0.1) is 10.8 Å². The van der Waals surface area contributed by atoms with Crippen LogP contribution < -0.4 is 5.32 Å². The lowest BCUT2D eigenvalue weighted by Crippen LogP contribution is -2.59. The fraction of sp³-hybridized carbons (Fsp3) is 0.636. The molecule has 2 bridgehead atoms. The fourth-order valence-corrected chi connectivity index (χ4v) is 6.29. The molecule has 1 aromatic heterocycles. The number of hydrogen-bond acceptors (Lipinski definition) is 3. The van der Waals surface area contributed by atoms with Gasteiger partial charge in [-0.05, 0) is 73.6 Å². The van der Waals surface area contributed by atoms with Crippen molar-refractivity contribution < 1.29 is 9.21 Å². The number of oxazole rings is 1. The molecule has 3 aliphatic rings. The summed E-state index contributed by atoms with van der Waals surface area (Å²) in [5.41, 5.74) is 4.34. The Hall–Kier alpha value is -1.84. The van der Waals surface area contributed by atoms with Crippen molar-refractivity contribution in [3.05, 3.63) is 29.2 Å². The minimum absolute atomic E-state index is 0.107. The highest BCUT2D eigenvalue weighted by atomic mass is 16.3. The standard InChI is InChI=1S/C22H28N2O2/c1-20-10-21(2,18(25)23-13-20)12-22(3,11-20)19-24-16-8-14-6-4-5-7-15(14)9-17(16)26-19/h8-9H,4-7,10-13H2,1-3H3,(H,23,25). The molecule has 1 aromatic carbocycles. The van der Waals surface area contributed by atoms with Gasteiger partial charge in [-0.1, -0.05) is 20.8 Å². The van der Waals surface area contributed by atoms with Crippen LogP contribution in [0.2, 0.25) is 0 Å². The van der Waals surface area contributed by atoms with Gasteiger partial charge >= 0.3 is 0 Å². The number of hydrogen-bond donors (Lipinski definition) is 1. The zero-order chi connectivity index (χ0) is 18.2. The van der Waals surface area contributed by atoms with Gasteiger partial charge < -0.3 is 9.73 Å². The van der Waals surface area contributed by atoms with Gasteiger partial charge in [0, 0.05) is 17.4 Å². The van der Waals surface area contributed by atoms with Crippen LogP contribution in [0.4, 0.5) is 0 Å². The van der Waals surface area contributed by atoms with E-state index in [1.54, 1.807) is 0 Å². The topological polar surface area (TPSA) is 55.1 Å². The monoisotopic (exact) mass is 352 g/mol. The van der Waals surface area contributed by atoms with Gasteiger partial charge in [-0.3, -0.25) is 4.79 Å².